The fourth-order valence-corrected chi connectivity index (χ4v) is 2.30. The number of hydrogen-bond acceptors (Lipinski definition) is 3. The van der Waals surface area contributed by atoms with E-state index in [-0.39, 0.29) is 0 Å². The van der Waals surface area contributed by atoms with Gasteiger partial charge in [0.25, 0.3) is 0 Å². The van der Waals surface area contributed by atoms with Crippen molar-refractivity contribution in [3.8, 4) is 0 Å². The molecule has 1 rings (SSSR count). The molecule has 1 aliphatic heterocycles. The number of ether oxygens (including phenoxy) is 2. The first-order chi connectivity index (χ1) is 7.77. The molecule has 3 nitrogen and oxygen atoms in total. The quantitative estimate of drug-likeness (QED) is 0.691. The summed E-state index contributed by atoms with van der Waals surface area (Å²) in [5.74, 6) is 1.31. The van der Waals surface area contributed by atoms with E-state index < -0.39 is 0 Å². The zero-order valence-electron chi connectivity index (χ0n) is 11.0. The molecule has 0 aromatic rings. The van der Waals surface area contributed by atoms with Crippen LogP contribution in [0.4, 0.5) is 0 Å². The molecule has 0 aromatic heterocycles. The zero-order chi connectivity index (χ0) is 11.8. The summed E-state index contributed by atoms with van der Waals surface area (Å²) in [6, 6.07) is 0.455. The predicted molar refractivity (Wildman–Crippen MR) is 66.7 cm³/mol. The smallest absolute Gasteiger partial charge is 0.0623 e. The standard InChI is InChI=1S/C13H27NO2/c1-4-5-11(2)8-16-10-13(14-3)12-6-7-15-9-12/h11-14H,4-10H2,1-3H3. The largest absolute Gasteiger partial charge is 0.381 e. The van der Waals surface area contributed by atoms with E-state index in [2.05, 4.69) is 19.2 Å². The molecule has 3 heteroatoms. The van der Waals surface area contributed by atoms with Gasteiger partial charge in [0.05, 0.1) is 13.2 Å². The van der Waals surface area contributed by atoms with E-state index in [9.17, 15) is 0 Å². The predicted octanol–water partition coefficient (Wildman–Crippen LogP) is 2.06. The first kappa shape index (κ1) is 13.9. The maximum atomic E-state index is 5.80. The van der Waals surface area contributed by atoms with Gasteiger partial charge in [-0.3, -0.25) is 0 Å². The Kier molecular flexibility index (Phi) is 7.01. The SMILES string of the molecule is CCCC(C)COCC(NC)C1CCOC1. The first-order valence-electron chi connectivity index (χ1n) is 6.60. The van der Waals surface area contributed by atoms with Crippen LogP contribution in [0, 0.1) is 11.8 Å². The molecule has 0 bridgehead atoms. The lowest BCUT2D eigenvalue weighted by atomic mass is 10.00. The third-order valence-corrected chi connectivity index (χ3v) is 3.39. The average molecular weight is 229 g/mol. The molecular weight excluding hydrogens is 202 g/mol. The number of likely N-dealkylation sites (N-methyl/N-ethyl adjacent to an activating group) is 1. The highest BCUT2D eigenvalue weighted by atomic mass is 16.5. The van der Waals surface area contributed by atoms with E-state index in [1.54, 1.807) is 0 Å². The van der Waals surface area contributed by atoms with Gasteiger partial charge < -0.3 is 14.8 Å². The van der Waals surface area contributed by atoms with Crippen molar-refractivity contribution < 1.29 is 9.47 Å². The summed E-state index contributed by atoms with van der Waals surface area (Å²) in [7, 11) is 2.02. The fraction of sp³-hybridized carbons (Fsp3) is 1.00. The van der Waals surface area contributed by atoms with Gasteiger partial charge in [-0.05, 0) is 25.8 Å². The molecule has 0 saturated carbocycles. The van der Waals surface area contributed by atoms with Crippen LogP contribution in [0.1, 0.15) is 33.1 Å². The maximum absolute atomic E-state index is 5.80. The van der Waals surface area contributed by atoms with Gasteiger partial charge >= 0.3 is 0 Å². The molecule has 1 fully saturated rings. The van der Waals surface area contributed by atoms with Crippen LogP contribution in [0.5, 0.6) is 0 Å². The van der Waals surface area contributed by atoms with Crippen molar-refractivity contribution in [1.29, 1.82) is 0 Å². The van der Waals surface area contributed by atoms with E-state index >= 15 is 0 Å². The van der Waals surface area contributed by atoms with Crippen LogP contribution < -0.4 is 5.32 Å². The summed E-state index contributed by atoms with van der Waals surface area (Å²) >= 11 is 0. The highest BCUT2D eigenvalue weighted by Gasteiger charge is 2.24. The third kappa shape index (κ3) is 4.81. The van der Waals surface area contributed by atoms with Gasteiger partial charge in [-0.1, -0.05) is 20.3 Å². The molecule has 96 valence electrons. The Balaban J connectivity index is 2.13. The average Bonchev–Trinajstić information content (AvgIpc) is 2.78. The highest BCUT2D eigenvalue weighted by Crippen LogP contribution is 2.17. The fourth-order valence-electron chi connectivity index (χ4n) is 2.30. The van der Waals surface area contributed by atoms with Crippen LogP contribution in [-0.4, -0.2) is 39.5 Å². The lowest BCUT2D eigenvalue weighted by Crippen LogP contribution is -2.38. The van der Waals surface area contributed by atoms with Crippen LogP contribution >= 0.6 is 0 Å². The van der Waals surface area contributed by atoms with Gasteiger partial charge in [-0.2, -0.15) is 0 Å². The first-order valence-corrected chi connectivity index (χ1v) is 6.60. The normalized spacial score (nSPS) is 24.6. The van der Waals surface area contributed by atoms with E-state index in [0.29, 0.717) is 17.9 Å². The number of nitrogens with one attached hydrogen (secondary N) is 1. The Morgan fingerprint density at radius 2 is 2.25 bits per heavy atom. The minimum absolute atomic E-state index is 0.455. The second kappa shape index (κ2) is 8.04. The minimum atomic E-state index is 0.455. The van der Waals surface area contributed by atoms with Crippen LogP contribution in [-0.2, 0) is 9.47 Å². The van der Waals surface area contributed by atoms with E-state index in [1.807, 2.05) is 7.05 Å². The molecule has 3 atom stereocenters. The minimum Gasteiger partial charge on any atom is -0.381 e. The number of rotatable bonds is 8. The van der Waals surface area contributed by atoms with Crippen LogP contribution in [0.3, 0.4) is 0 Å². The zero-order valence-corrected chi connectivity index (χ0v) is 11.0. The molecule has 0 amide bonds. The summed E-state index contributed by atoms with van der Waals surface area (Å²) in [4.78, 5) is 0. The van der Waals surface area contributed by atoms with Crippen LogP contribution in [0.2, 0.25) is 0 Å². The third-order valence-electron chi connectivity index (χ3n) is 3.39. The summed E-state index contributed by atoms with van der Waals surface area (Å²) in [5, 5.41) is 3.34. The van der Waals surface area contributed by atoms with E-state index in [0.717, 1.165) is 26.4 Å². The summed E-state index contributed by atoms with van der Waals surface area (Å²) < 4.78 is 11.2. The Morgan fingerprint density at radius 3 is 2.81 bits per heavy atom. The summed E-state index contributed by atoms with van der Waals surface area (Å²) in [6.45, 7) is 7.99. The highest BCUT2D eigenvalue weighted by molar-refractivity contribution is 4.78. The van der Waals surface area contributed by atoms with Crippen molar-refractivity contribution in [3.63, 3.8) is 0 Å². The lowest BCUT2D eigenvalue weighted by Gasteiger charge is -2.22. The molecular formula is C13H27NO2. The van der Waals surface area contributed by atoms with Crippen molar-refractivity contribution in [3.05, 3.63) is 0 Å². The van der Waals surface area contributed by atoms with Gasteiger partial charge in [0.15, 0.2) is 0 Å². The Morgan fingerprint density at radius 1 is 1.44 bits per heavy atom. The van der Waals surface area contributed by atoms with E-state index in [4.69, 9.17) is 9.47 Å². The van der Waals surface area contributed by atoms with Gasteiger partial charge in [-0.25, -0.2) is 0 Å². The van der Waals surface area contributed by atoms with Crippen molar-refractivity contribution in [2.75, 3.05) is 33.5 Å². The summed E-state index contributed by atoms with van der Waals surface area (Å²) in [6.07, 6.45) is 3.67. The number of hydrogen-bond donors (Lipinski definition) is 1. The second-order valence-corrected chi connectivity index (χ2v) is 4.95. The Bertz CT molecular complexity index is 169. The molecule has 0 aromatic carbocycles. The van der Waals surface area contributed by atoms with Crippen molar-refractivity contribution in [1.82, 2.24) is 5.32 Å². The summed E-state index contributed by atoms with van der Waals surface area (Å²) in [5.41, 5.74) is 0. The Hall–Kier alpha value is -0.120. The van der Waals surface area contributed by atoms with Gasteiger partial charge in [0.1, 0.15) is 0 Å². The molecule has 3 unspecified atom stereocenters. The second-order valence-electron chi connectivity index (χ2n) is 4.95. The van der Waals surface area contributed by atoms with Crippen LogP contribution in [0.25, 0.3) is 0 Å². The molecule has 0 spiro atoms. The molecule has 1 N–H and O–H groups in total. The van der Waals surface area contributed by atoms with Gasteiger partial charge in [-0.15, -0.1) is 0 Å². The molecule has 1 heterocycles. The topological polar surface area (TPSA) is 30.5 Å². The van der Waals surface area contributed by atoms with Crippen molar-refractivity contribution in [2.24, 2.45) is 11.8 Å². The lowest BCUT2D eigenvalue weighted by molar-refractivity contribution is 0.0677. The van der Waals surface area contributed by atoms with Gasteiger partial charge in [0.2, 0.25) is 0 Å². The van der Waals surface area contributed by atoms with Crippen molar-refractivity contribution >= 4 is 0 Å². The van der Waals surface area contributed by atoms with Gasteiger partial charge in [0, 0.05) is 25.2 Å². The molecule has 0 radical (unpaired) electrons. The molecule has 1 saturated heterocycles. The molecule has 1 aliphatic rings. The molecule has 0 aliphatic carbocycles. The monoisotopic (exact) mass is 229 g/mol. The van der Waals surface area contributed by atoms with Crippen molar-refractivity contribution in [2.45, 2.75) is 39.2 Å². The Labute approximate surface area is 99.9 Å². The van der Waals surface area contributed by atoms with E-state index in [1.165, 1.54) is 19.3 Å². The van der Waals surface area contributed by atoms with Crippen LogP contribution in [0.15, 0.2) is 0 Å². The molecule has 16 heavy (non-hydrogen) atoms. The maximum Gasteiger partial charge on any atom is 0.0623 e.